The Balaban J connectivity index is 2.20. The number of thiazole rings is 1. The second-order valence-corrected chi connectivity index (χ2v) is 6.45. The van der Waals surface area contributed by atoms with E-state index >= 15 is 0 Å². The van der Waals surface area contributed by atoms with E-state index in [4.69, 9.17) is 0 Å². The Kier molecular flexibility index (Phi) is 3.76. The van der Waals surface area contributed by atoms with Gasteiger partial charge in [0.1, 0.15) is 0 Å². The van der Waals surface area contributed by atoms with Crippen molar-refractivity contribution >= 4 is 38.1 Å². The number of pyridine rings is 1. The zero-order chi connectivity index (χ0) is 13.9. The number of aromatic nitrogens is 2. The highest BCUT2D eigenvalue weighted by Crippen LogP contribution is 2.24. The number of hydrogen-bond acceptors (Lipinski definition) is 6. The molecule has 0 aliphatic heterocycles. The van der Waals surface area contributed by atoms with Crippen molar-refractivity contribution in [1.29, 1.82) is 0 Å². The normalized spacial score (nSPS) is 11.0. The molecule has 9 heteroatoms. The molecule has 0 radical (unpaired) electrons. The van der Waals surface area contributed by atoms with Crippen molar-refractivity contribution in [3.8, 4) is 0 Å². The predicted octanol–water partition coefficient (Wildman–Crippen LogP) is 1.30. The first kappa shape index (κ1) is 13.4. The topological polar surface area (TPSA) is 101 Å². The molecule has 0 spiro atoms. The average molecular weight is 298 g/mol. The maximum Gasteiger partial charge on any atom is 0.273 e. The standard InChI is InChI=1S/C10H10N4O3S2/c1-7(15)13-10-12-6-9(18-10)19(16,17)14-8-3-2-4-11-5-8/h2-6,14H,1H3,(H,12,13,15). The molecule has 19 heavy (non-hydrogen) atoms. The first-order chi connectivity index (χ1) is 8.97. The summed E-state index contributed by atoms with van der Waals surface area (Å²) in [6, 6.07) is 3.20. The molecule has 2 aromatic heterocycles. The van der Waals surface area contributed by atoms with Crippen LogP contribution in [0.1, 0.15) is 6.92 Å². The summed E-state index contributed by atoms with van der Waals surface area (Å²) in [5, 5.41) is 2.66. The lowest BCUT2D eigenvalue weighted by Gasteiger charge is -2.04. The molecule has 0 saturated carbocycles. The monoisotopic (exact) mass is 298 g/mol. The van der Waals surface area contributed by atoms with Crippen LogP contribution in [0.5, 0.6) is 0 Å². The zero-order valence-corrected chi connectivity index (χ0v) is 11.5. The van der Waals surface area contributed by atoms with Crippen LogP contribution in [0.4, 0.5) is 10.8 Å². The van der Waals surface area contributed by atoms with E-state index in [1.165, 1.54) is 19.3 Å². The molecular formula is C10H10N4O3S2. The number of rotatable bonds is 4. The van der Waals surface area contributed by atoms with E-state index in [0.29, 0.717) is 5.69 Å². The van der Waals surface area contributed by atoms with Gasteiger partial charge < -0.3 is 5.32 Å². The Morgan fingerprint density at radius 3 is 2.79 bits per heavy atom. The van der Waals surface area contributed by atoms with Gasteiger partial charge in [-0.05, 0) is 12.1 Å². The highest BCUT2D eigenvalue weighted by Gasteiger charge is 2.18. The van der Waals surface area contributed by atoms with Gasteiger partial charge >= 0.3 is 0 Å². The van der Waals surface area contributed by atoms with Crippen molar-refractivity contribution in [3.05, 3.63) is 30.7 Å². The van der Waals surface area contributed by atoms with Crippen LogP contribution in [0, 0.1) is 0 Å². The molecule has 0 bridgehead atoms. The van der Waals surface area contributed by atoms with Crippen LogP contribution in [0.25, 0.3) is 0 Å². The fourth-order valence-corrected chi connectivity index (χ4v) is 3.34. The second-order valence-electron chi connectivity index (χ2n) is 3.51. The van der Waals surface area contributed by atoms with Crippen LogP contribution < -0.4 is 10.0 Å². The lowest BCUT2D eigenvalue weighted by molar-refractivity contribution is -0.114. The molecule has 2 rings (SSSR count). The van der Waals surface area contributed by atoms with Gasteiger partial charge in [-0.25, -0.2) is 13.4 Å². The van der Waals surface area contributed by atoms with Crippen LogP contribution in [-0.2, 0) is 14.8 Å². The van der Waals surface area contributed by atoms with Gasteiger partial charge in [-0.1, -0.05) is 11.3 Å². The van der Waals surface area contributed by atoms with E-state index in [0.717, 1.165) is 11.3 Å². The molecule has 0 aromatic carbocycles. The number of nitrogens with zero attached hydrogens (tertiary/aromatic N) is 2. The third-order valence-electron chi connectivity index (χ3n) is 1.95. The fraction of sp³-hybridized carbons (Fsp3) is 0.100. The Morgan fingerprint density at radius 1 is 1.37 bits per heavy atom. The molecule has 100 valence electrons. The molecule has 2 N–H and O–H groups in total. The number of amides is 1. The Morgan fingerprint density at radius 2 is 2.16 bits per heavy atom. The summed E-state index contributed by atoms with van der Waals surface area (Å²) in [5.74, 6) is -0.307. The number of carbonyl (C=O) groups is 1. The van der Waals surface area contributed by atoms with E-state index in [2.05, 4.69) is 20.0 Å². The van der Waals surface area contributed by atoms with Crippen molar-refractivity contribution in [2.75, 3.05) is 10.0 Å². The smallest absolute Gasteiger partial charge is 0.273 e. The summed E-state index contributed by atoms with van der Waals surface area (Å²) >= 11 is 0.873. The van der Waals surface area contributed by atoms with Crippen LogP contribution in [0.3, 0.4) is 0 Å². The van der Waals surface area contributed by atoms with Crippen molar-refractivity contribution in [2.45, 2.75) is 11.1 Å². The first-order valence-corrected chi connectivity index (χ1v) is 7.43. The average Bonchev–Trinajstić information content (AvgIpc) is 2.78. The molecule has 2 aromatic rings. The summed E-state index contributed by atoms with van der Waals surface area (Å²) in [5.41, 5.74) is 0.358. The Labute approximate surface area is 113 Å². The third kappa shape index (κ3) is 3.48. The third-order valence-corrected chi connectivity index (χ3v) is 4.70. The quantitative estimate of drug-likeness (QED) is 0.886. The molecule has 0 aliphatic rings. The van der Waals surface area contributed by atoms with Gasteiger partial charge in [0.2, 0.25) is 5.91 Å². The highest BCUT2D eigenvalue weighted by molar-refractivity contribution is 7.94. The number of anilines is 2. The van der Waals surface area contributed by atoms with Crippen molar-refractivity contribution < 1.29 is 13.2 Å². The molecule has 0 saturated heterocycles. The maximum absolute atomic E-state index is 12.0. The van der Waals surface area contributed by atoms with Crippen LogP contribution in [0.15, 0.2) is 34.9 Å². The van der Waals surface area contributed by atoms with Gasteiger partial charge in [0.15, 0.2) is 9.34 Å². The van der Waals surface area contributed by atoms with Crippen molar-refractivity contribution in [3.63, 3.8) is 0 Å². The summed E-state index contributed by atoms with van der Waals surface area (Å²) in [7, 11) is -3.71. The van der Waals surface area contributed by atoms with Gasteiger partial charge in [-0.15, -0.1) is 0 Å². The number of carbonyl (C=O) groups excluding carboxylic acids is 1. The number of nitrogens with one attached hydrogen (secondary N) is 2. The molecule has 0 fully saturated rings. The summed E-state index contributed by atoms with van der Waals surface area (Å²) in [6.07, 6.45) is 4.13. The molecule has 7 nitrogen and oxygen atoms in total. The fourth-order valence-electron chi connectivity index (χ4n) is 1.22. The number of hydrogen-bond donors (Lipinski definition) is 2. The predicted molar refractivity (Wildman–Crippen MR) is 71.5 cm³/mol. The van der Waals surface area contributed by atoms with E-state index in [1.54, 1.807) is 18.3 Å². The Hall–Kier alpha value is -2.00. The van der Waals surface area contributed by atoms with Gasteiger partial charge in [0.25, 0.3) is 10.0 Å². The van der Waals surface area contributed by atoms with E-state index in [1.807, 2.05) is 0 Å². The van der Waals surface area contributed by atoms with Gasteiger partial charge in [0, 0.05) is 13.1 Å². The van der Waals surface area contributed by atoms with Gasteiger partial charge in [-0.2, -0.15) is 0 Å². The lowest BCUT2D eigenvalue weighted by atomic mass is 10.4. The SMILES string of the molecule is CC(=O)Nc1ncc(S(=O)(=O)Nc2cccnc2)s1. The van der Waals surface area contributed by atoms with Crippen LogP contribution in [0.2, 0.25) is 0 Å². The van der Waals surface area contributed by atoms with Crippen molar-refractivity contribution in [2.24, 2.45) is 0 Å². The minimum Gasteiger partial charge on any atom is -0.302 e. The Bertz CT molecular complexity index is 682. The molecule has 0 atom stereocenters. The summed E-state index contributed by atoms with van der Waals surface area (Å²) in [4.78, 5) is 18.5. The molecular weight excluding hydrogens is 288 g/mol. The first-order valence-electron chi connectivity index (χ1n) is 5.13. The van der Waals surface area contributed by atoms with E-state index < -0.39 is 10.0 Å². The maximum atomic E-state index is 12.0. The van der Waals surface area contributed by atoms with Crippen LogP contribution in [-0.4, -0.2) is 24.3 Å². The molecule has 0 aliphatic carbocycles. The largest absolute Gasteiger partial charge is 0.302 e. The minimum atomic E-state index is -3.71. The molecule has 0 unspecified atom stereocenters. The lowest BCUT2D eigenvalue weighted by Crippen LogP contribution is -2.11. The molecule has 1 amide bonds. The minimum absolute atomic E-state index is 0.0140. The second kappa shape index (κ2) is 5.33. The summed E-state index contributed by atoms with van der Waals surface area (Å²) < 4.78 is 26.4. The zero-order valence-electron chi connectivity index (χ0n) is 9.82. The van der Waals surface area contributed by atoms with Crippen molar-refractivity contribution in [1.82, 2.24) is 9.97 Å². The van der Waals surface area contributed by atoms with Crippen LogP contribution >= 0.6 is 11.3 Å². The van der Waals surface area contributed by atoms with E-state index in [9.17, 15) is 13.2 Å². The van der Waals surface area contributed by atoms with Gasteiger partial charge in [-0.3, -0.25) is 14.5 Å². The highest BCUT2D eigenvalue weighted by atomic mass is 32.2. The van der Waals surface area contributed by atoms with Gasteiger partial charge in [0.05, 0.1) is 18.1 Å². The molecule has 2 heterocycles. The summed E-state index contributed by atoms with van der Waals surface area (Å²) in [6.45, 7) is 1.32. The van der Waals surface area contributed by atoms with E-state index in [-0.39, 0.29) is 15.2 Å². The number of sulfonamides is 1.